The molecule has 1 atom stereocenters. The van der Waals surface area contributed by atoms with Gasteiger partial charge in [0.1, 0.15) is 11.6 Å². The predicted molar refractivity (Wildman–Crippen MR) is 119 cm³/mol. The van der Waals surface area contributed by atoms with E-state index in [0.29, 0.717) is 12.6 Å². The molecule has 0 fully saturated rings. The van der Waals surface area contributed by atoms with Crippen LogP contribution < -0.4 is 15.4 Å². The van der Waals surface area contributed by atoms with Gasteiger partial charge in [0, 0.05) is 17.1 Å². The van der Waals surface area contributed by atoms with Crippen LogP contribution in [-0.2, 0) is 0 Å². The van der Waals surface area contributed by atoms with Crippen LogP contribution in [0, 0.1) is 0 Å². The molecule has 0 saturated heterocycles. The molecule has 146 valence electrons. The van der Waals surface area contributed by atoms with Crippen molar-refractivity contribution in [2.24, 2.45) is 0 Å². The quantitative estimate of drug-likeness (QED) is 0.413. The molecule has 0 bridgehead atoms. The molecular weight excluding hydrogens is 360 g/mol. The summed E-state index contributed by atoms with van der Waals surface area (Å²) in [4.78, 5) is 9.43. The van der Waals surface area contributed by atoms with Crippen molar-refractivity contribution in [3.63, 3.8) is 0 Å². The molecule has 0 amide bonds. The Morgan fingerprint density at radius 1 is 0.862 bits per heavy atom. The summed E-state index contributed by atoms with van der Waals surface area (Å²) in [5.41, 5.74) is 3.00. The maximum atomic E-state index is 5.50. The number of para-hydroxylation sites is 1. The molecule has 1 heterocycles. The minimum Gasteiger partial charge on any atom is -0.494 e. The first-order chi connectivity index (χ1) is 14.2. The average Bonchev–Trinajstić information content (AvgIpc) is 2.76. The third-order valence-electron chi connectivity index (χ3n) is 4.68. The molecular formula is C24H24N4O. The van der Waals surface area contributed by atoms with Gasteiger partial charge >= 0.3 is 0 Å². The van der Waals surface area contributed by atoms with Gasteiger partial charge in [0.25, 0.3) is 0 Å². The summed E-state index contributed by atoms with van der Waals surface area (Å²) >= 11 is 0. The number of benzene rings is 3. The molecule has 2 N–H and O–H groups in total. The van der Waals surface area contributed by atoms with Crippen LogP contribution in [0.1, 0.15) is 25.5 Å². The number of ether oxygens (including phenoxy) is 1. The zero-order chi connectivity index (χ0) is 20.1. The molecule has 0 radical (unpaired) electrons. The summed E-state index contributed by atoms with van der Waals surface area (Å²) < 4.78 is 5.50. The molecule has 3 aromatic carbocycles. The van der Waals surface area contributed by atoms with Gasteiger partial charge in [0.05, 0.1) is 12.1 Å². The maximum Gasteiger partial charge on any atom is 0.229 e. The number of aromatic nitrogens is 2. The van der Waals surface area contributed by atoms with Crippen LogP contribution in [0.2, 0.25) is 0 Å². The Morgan fingerprint density at radius 2 is 1.59 bits per heavy atom. The number of rotatable bonds is 7. The largest absolute Gasteiger partial charge is 0.494 e. The fraction of sp³-hybridized carbons (Fsp3) is 0.167. The molecule has 0 aliphatic heterocycles. The van der Waals surface area contributed by atoms with E-state index in [1.807, 2.05) is 73.7 Å². The first kappa shape index (κ1) is 18.7. The van der Waals surface area contributed by atoms with Gasteiger partial charge < -0.3 is 15.4 Å². The normalized spacial score (nSPS) is 11.8. The Kier molecular flexibility index (Phi) is 5.56. The van der Waals surface area contributed by atoms with E-state index in [2.05, 4.69) is 34.7 Å². The number of nitrogens with zero attached hydrogens (tertiary/aromatic N) is 2. The second-order valence-electron chi connectivity index (χ2n) is 6.77. The molecule has 5 heteroatoms. The van der Waals surface area contributed by atoms with Crippen molar-refractivity contribution in [1.29, 1.82) is 0 Å². The molecule has 1 aromatic heterocycles. The van der Waals surface area contributed by atoms with E-state index in [-0.39, 0.29) is 6.04 Å². The van der Waals surface area contributed by atoms with Gasteiger partial charge in [-0.05, 0) is 55.8 Å². The molecule has 0 spiro atoms. The van der Waals surface area contributed by atoms with Crippen LogP contribution in [0.15, 0.2) is 78.9 Å². The third-order valence-corrected chi connectivity index (χ3v) is 4.68. The van der Waals surface area contributed by atoms with Crippen LogP contribution in [-0.4, -0.2) is 16.6 Å². The molecule has 0 saturated carbocycles. The van der Waals surface area contributed by atoms with Crippen molar-refractivity contribution in [2.75, 3.05) is 17.2 Å². The first-order valence-electron chi connectivity index (χ1n) is 9.81. The second kappa shape index (κ2) is 8.61. The molecule has 29 heavy (non-hydrogen) atoms. The van der Waals surface area contributed by atoms with Gasteiger partial charge in [-0.3, -0.25) is 0 Å². The van der Waals surface area contributed by atoms with Crippen molar-refractivity contribution in [3.8, 4) is 5.75 Å². The highest BCUT2D eigenvalue weighted by Crippen LogP contribution is 2.27. The van der Waals surface area contributed by atoms with Crippen molar-refractivity contribution in [2.45, 2.75) is 19.9 Å². The van der Waals surface area contributed by atoms with E-state index in [0.717, 1.165) is 28.2 Å². The predicted octanol–water partition coefficient (Wildman–Crippen LogP) is 5.95. The van der Waals surface area contributed by atoms with Crippen molar-refractivity contribution in [3.05, 3.63) is 84.4 Å². The van der Waals surface area contributed by atoms with E-state index >= 15 is 0 Å². The molecule has 4 rings (SSSR count). The summed E-state index contributed by atoms with van der Waals surface area (Å²) in [6.45, 7) is 4.75. The van der Waals surface area contributed by atoms with Gasteiger partial charge in [-0.2, -0.15) is 4.98 Å². The fourth-order valence-electron chi connectivity index (χ4n) is 3.20. The SMILES string of the molecule is CCOc1ccc(Nc2nc(NC(C)c3ccccc3)c3ccccc3n2)cc1. The van der Waals surface area contributed by atoms with E-state index in [4.69, 9.17) is 9.72 Å². The number of nitrogens with one attached hydrogen (secondary N) is 2. The zero-order valence-electron chi connectivity index (χ0n) is 16.6. The summed E-state index contributed by atoms with van der Waals surface area (Å²) in [5, 5.41) is 7.84. The number of fused-ring (bicyclic) bond motifs is 1. The van der Waals surface area contributed by atoms with Gasteiger partial charge in [-0.25, -0.2) is 4.98 Å². The molecule has 0 aliphatic rings. The van der Waals surface area contributed by atoms with Gasteiger partial charge in [0.2, 0.25) is 5.95 Å². The van der Waals surface area contributed by atoms with Gasteiger partial charge in [-0.1, -0.05) is 42.5 Å². The van der Waals surface area contributed by atoms with E-state index in [9.17, 15) is 0 Å². The van der Waals surface area contributed by atoms with Crippen LogP contribution in [0.3, 0.4) is 0 Å². The van der Waals surface area contributed by atoms with Crippen LogP contribution in [0.4, 0.5) is 17.5 Å². The highest BCUT2D eigenvalue weighted by Gasteiger charge is 2.11. The average molecular weight is 384 g/mol. The Balaban J connectivity index is 1.63. The lowest BCUT2D eigenvalue weighted by Gasteiger charge is -2.17. The lowest BCUT2D eigenvalue weighted by Crippen LogP contribution is -2.10. The van der Waals surface area contributed by atoms with Crippen molar-refractivity contribution < 1.29 is 4.74 Å². The van der Waals surface area contributed by atoms with Gasteiger partial charge in [0.15, 0.2) is 0 Å². The Morgan fingerprint density at radius 3 is 2.34 bits per heavy atom. The topological polar surface area (TPSA) is 59.1 Å². The van der Waals surface area contributed by atoms with E-state index in [1.54, 1.807) is 0 Å². The summed E-state index contributed by atoms with van der Waals surface area (Å²) in [6.07, 6.45) is 0. The maximum absolute atomic E-state index is 5.50. The number of hydrogen-bond acceptors (Lipinski definition) is 5. The monoisotopic (exact) mass is 384 g/mol. The van der Waals surface area contributed by atoms with Crippen LogP contribution in [0.25, 0.3) is 10.9 Å². The standard InChI is InChI=1S/C24H24N4O/c1-3-29-20-15-13-19(14-16-20)26-24-27-22-12-8-7-11-21(22)23(28-24)25-17(2)18-9-5-4-6-10-18/h4-17H,3H2,1-2H3,(H2,25,26,27,28). The van der Waals surface area contributed by atoms with Gasteiger partial charge in [-0.15, -0.1) is 0 Å². The number of hydrogen-bond donors (Lipinski definition) is 2. The Bertz CT molecular complexity index is 1080. The lowest BCUT2D eigenvalue weighted by atomic mass is 10.1. The minimum atomic E-state index is 0.118. The zero-order valence-corrected chi connectivity index (χ0v) is 16.6. The second-order valence-corrected chi connectivity index (χ2v) is 6.77. The fourth-order valence-corrected chi connectivity index (χ4v) is 3.20. The summed E-state index contributed by atoms with van der Waals surface area (Å²) in [7, 11) is 0. The highest BCUT2D eigenvalue weighted by molar-refractivity contribution is 5.90. The smallest absolute Gasteiger partial charge is 0.229 e. The highest BCUT2D eigenvalue weighted by atomic mass is 16.5. The van der Waals surface area contributed by atoms with E-state index in [1.165, 1.54) is 5.56 Å². The van der Waals surface area contributed by atoms with Crippen molar-refractivity contribution in [1.82, 2.24) is 9.97 Å². The molecule has 5 nitrogen and oxygen atoms in total. The first-order valence-corrected chi connectivity index (χ1v) is 9.81. The van der Waals surface area contributed by atoms with Crippen molar-refractivity contribution >= 4 is 28.4 Å². The molecule has 4 aromatic rings. The lowest BCUT2D eigenvalue weighted by molar-refractivity contribution is 0.340. The Labute approximate surface area is 170 Å². The number of anilines is 3. The Hall–Kier alpha value is -3.60. The van der Waals surface area contributed by atoms with Crippen LogP contribution >= 0.6 is 0 Å². The molecule has 0 aliphatic carbocycles. The molecule has 1 unspecified atom stereocenters. The summed E-state index contributed by atoms with van der Waals surface area (Å²) in [5.74, 6) is 2.20. The minimum absolute atomic E-state index is 0.118. The van der Waals surface area contributed by atoms with E-state index < -0.39 is 0 Å². The summed E-state index contributed by atoms with van der Waals surface area (Å²) in [6, 6.07) is 26.3. The van der Waals surface area contributed by atoms with Crippen LogP contribution in [0.5, 0.6) is 5.75 Å². The third kappa shape index (κ3) is 4.46.